The van der Waals surface area contributed by atoms with E-state index in [9.17, 15) is 0 Å². The summed E-state index contributed by atoms with van der Waals surface area (Å²) in [7, 11) is 0. The number of rotatable bonds is 3. The van der Waals surface area contributed by atoms with Crippen molar-refractivity contribution in [2.45, 2.75) is 20.8 Å². The van der Waals surface area contributed by atoms with Crippen LogP contribution >= 0.6 is 15.9 Å². The summed E-state index contributed by atoms with van der Waals surface area (Å²) in [6.07, 6.45) is 3.95. The van der Waals surface area contributed by atoms with Crippen LogP contribution in [0, 0.1) is 6.92 Å². The minimum absolute atomic E-state index is 0.831. The van der Waals surface area contributed by atoms with Crippen LogP contribution in [0.15, 0.2) is 28.4 Å². The van der Waals surface area contributed by atoms with E-state index in [0.717, 1.165) is 22.4 Å². The fourth-order valence-electron chi connectivity index (χ4n) is 1.08. The minimum atomic E-state index is 0.831. The van der Waals surface area contributed by atoms with Crippen LogP contribution in [0.4, 0.5) is 5.82 Å². The molecule has 0 bridgehead atoms. The number of allylic oxidation sites excluding steroid dienone is 1. The van der Waals surface area contributed by atoms with Crippen LogP contribution < -0.4 is 5.32 Å². The Morgan fingerprint density at radius 3 is 2.86 bits per heavy atom. The highest BCUT2D eigenvalue weighted by atomic mass is 79.9. The second-order valence-corrected chi connectivity index (χ2v) is 4.40. The van der Waals surface area contributed by atoms with Crippen LogP contribution in [0.2, 0.25) is 0 Å². The monoisotopic (exact) mass is 254 g/mol. The molecule has 76 valence electrons. The van der Waals surface area contributed by atoms with Gasteiger partial charge in [-0.1, -0.05) is 11.6 Å². The van der Waals surface area contributed by atoms with Crippen LogP contribution in [0.1, 0.15) is 19.4 Å². The van der Waals surface area contributed by atoms with Crippen molar-refractivity contribution in [1.82, 2.24) is 4.98 Å². The van der Waals surface area contributed by atoms with E-state index in [-0.39, 0.29) is 0 Å². The maximum absolute atomic E-state index is 4.29. The summed E-state index contributed by atoms with van der Waals surface area (Å²) in [4.78, 5) is 4.29. The number of aromatic nitrogens is 1. The molecule has 1 aromatic heterocycles. The molecule has 0 saturated carbocycles. The van der Waals surface area contributed by atoms with E-state index in [4.69, 9.17) is 0 Å². The van der Waals surface area contributed by atoms with Crippen molar-refractivity contribution in [2.75, 3.05) is 11.9 Å². The molecule has 1 heterocycles. The molecule has 0 spiro atoms. The molecule has 0 aliphatic rings. The standard InChI is InChI=1S/C11H15BrN2/c1-8(2)4-5-13-11-9(3)6-10(12)7-14-11/h4,6-7H,5H2,1-3H3,(H,13,14). The molecule has 0 aromatic carbocycles. The molecule has 2 nitrogen and oxygen atoms in total. The molecule has 1 N–H and O–H groups in total. The number of aryl methyl sites for hydroxylation is 1. The number of nitrogens with one attached hydrogen (secondary N) is 1. The first kappa shape index (κ1) is 11.2. The van der Waals surface area contributed by atoms with Crippen molar-refractivity contribution in [3.63, 3.8) is 0 Å². The van der Waals surface area contributed by atoms with Crippen molar-refractivity contribution in [3.05, 3.63) is 33.9 Å². The van der Waals surface area contributed by atoms with Gasteiger partial charge in [-0.2, -0.15) is 0 Å². The van der Waals surface area contributed by atoms with Gasteiger partial charge < -0.3 is 5.32 Å². The molecule has 1 aromatic rings. The summed E-state index contributed by atoms with van der Waals surface area (Å²) >= 11 is 3.39. The van der Waals surface area contributed by atoms with Gasteiger partial charge >= 0.3 is 0 Å². The van der Waals surface area contributed by atoms with E-state index < -0.39 is 0 Å². The van der Waals surface area contributed by atoms with E-state index in [1.54, 1.807) is 6.20 Å². The quantitative estimate of drug-likeness (QED) is 0.836. The van der Waals surface area contributed by atoms with Gasteiger partial charge in [0.15, 0.2) is 0 Å². The van der Waals surface area contributed by atoms with Crippen molar-refractivity contribution >= 4 is 21.7 Å². The van der Waals surface area contributed by atoms with E-state index in [2.05, 4.69) is 52.2 Å². The highest BCUT2D eigenvalue weighted by Crippen LogP contribution is 2.16. The summed E-state index contributed by atoms with van der Waals surface area (Å²) in [5.74, 6) is 0.950. The lowest BCUT2D eigenvalue weighted by molar-refractivity contribution is 1.17. The lowest BCUT2D eigenvalue weighted by Gasteiger charge is -2.06. The fraction of sp³-hybridized carbons (Fsp3) is 0.364. The summed E-state index contributed by atoms with van der Waals surface area (Å²) in [6, 6.07) is 2.05. The first-order valence-corrected chi connectivity index (χ1v) is 5.38. The highest BCUT2D eigenvalue weighted by Gasteiger charge is 1.97. The third-order valence-corrected chi connectivity index (χ3v) is 2.26. The predicted octanol–water partition coefficient (Wildman–Crippen LogP) is 3.53. The number of nitrogens with zero attached hydrogens (tertiary/aromatic N) is 1. The van der Waals surface area contributed by atoms with E-state index in [1.807, 2.05) is 6.92 Å². The van der Waals surface area contributed by atoms with Crippen molar-refractivity contribution in [2.24, 2.45) is 0 Å². The van der Waals surface area contributed by atoms with E-state index in [1.165, 1.54) is 5.57 Å². The van der Waals surface area contributed by atoms with E-state index in [0.29, 0.717) is 0 Å². The van der Waals surface area contributed by atoms with Crippen LogP contribution in [0.25, 0.3) is 0 Å². The number of anilines is 1. The molecule has 0 amide bonds. The summed E-state index contributed by atoms with van der Waals surface area (Å²) < 4.78 is 1.02. The van der Waals surface area contributed by atoms with Gasteiger partial charge in [-0.25, -0.2) is 4.98 Å². The van der Waals surface area contributed by atoms with Gasteiger partial charge in [0.2, 0.25) is 0 Å². The van der Waals surface area contributed by atoms with Crippen molar-refractivity contribution in [3.8, 4) is 0 Å². The average Bonchev–Trinajstić information content (AvgIpc) is 2.08. The molecule has 14 heavy (non-hydrogen) atoms. The first-order valence-electron chi connectivity index (χ1n) is 4.59. The lowest BCUT2D eigenvalue weighted by atomic mass is 10.3. The molecule has 0 radical (unpaired) electrons. The van der Waals surface area contributed by atoms with Gasteiger partial charge in [0.25, 0.3) is 0 Å². The Morgan fingerprint density at radius 2 is 2.29 bits per heavy atom. The lowest BCUT2D eigenvalue weighted by Crippen LogP contribution is -2.02. The predicted molar refractivity (Wildman–Crippen MR) is 64.6 cm³/mol. The normalized spacial score (nSPS) is 9.71. The zero-order valence-electron chi connectivity index (χ0n) is 8.76. The third-order valence-electron chi connectivity index (χ3n) is 1.82. The third kappa shape index (κ3) is 3.50. The molecular formula is C11H15BrN2. The second kappa shape index (κ2) is 5.15. The molecule has 3 heteroatoms. The number of hydrogen-bond donors (Lipinski definition) is 1. The first-order chi connectivity index (χ1) is 6.59. The Morgan fingerprint density at radius 1 is 1.57 bits per heavy atom. The maximum Gasteiger partial charge on any atom is 0.129 e. The maximum atomic E-state index is 4.29. The fourth-order valence-corrected chi connectivity index (χ4v) is 1.52. The van der Waals surface area contributed by atoms with Gasteiger partial charge in [0.05, 0.1) is 0 Å². The zero-order chi connectivity index (χ0) is 10.6. The minimum Gasteiger partial charge on any atom is -0.366 e. The number of pyridine rings is 1. The Labute approximate surface area is 93.6 Å². The molecule has 0 unspecified atom stereocenters. The van der Waals surface area contributed by atoms with Crippen LogP contribution in [0.3, 0.4) is 0 Å². The largest absolute Gasteiger partial charge is 0.366 e. The second-order valence-electron chi connectivity index (χ2n) is 3.48. The Hall–Kier alpha value is -0.830. The van der Waals surface area contributed by atoms with Crippen molar-refractivity contribution in [1.29, 1.82) is 0 Å². The highest BCUT2D eigenvalue weighted by molar-refractivity contribution is 9.10. The Balaban J connectivity index is 2.64. The van der Waals surface area contributed by atoms with Crippen LogP contribution in [-0.2, 0) is 0 Å². The molecule has 0 aliphatic carbocycles. The molecule has 0 aliphatic heterocycles. The Kier molecular flexibility index (Phi) is 4.14. The number of halogens is 1. The molecule has 1 rings (SSSR count). The Bertz CT molecular complexity index is 341. The van der Waals surface area contributed by atoms with Crippen LogP contribution in [0.5, 0.6) is 0 Å². The zero-order valence-corrected chi connectivity index (χ0v) is 10.4. The van der Waals surface area contributed by atoms with Gasteiger partial charge in [-0.05, 0) is 48.3 Å². The van der Waals surface area contributed by atoms with Crippen LogP contribution in [-0.4, -0.2) is 11.5 Å². The van der Waals surface area contributed by atoms with Crippen molar-refractivity contribution < 1.29 is 0 Å². The average molecular weight is 255 g/mol. The summed E-state index contributed by atoms with van der Waals surface area (Å²) in [6.45, 7) is 7.05. The van der Waals surface area contributed by atoms with Gasteiger partial charge in [0.1, 0.15) is 5.82 Å². The SMILES string of the molecule is CC(C)=CCNc1ncc(Br)cc1C. The van der Waals surface area contributed by atoms with E-state index >= 15 is 0 Å². The molecular weight excluding hydrogens is 240 g/mol. The topological polar surface area (TPSA) is 24.9 Å². The molecule has 0 saturated heterocycles. The molecule has 0 atom stereocenters. The number of hydrogen-bond acceptors (Lipinski definition) is 2. The summed E-state index contributed by atoms with van der Waals surface area (Å²) in [5.41, 5.74) is 2.47. The summed E-state index contributed by atoms with van der Waals surface area (Å²) in [5, 5.41) is 3.26. The van der Waals surface area contributed by atoms with Gasteiger partial charge in [-0.15, -0.1) is 0 Å². The van der Waals surface area contributed by atoms with Gasteiger partial charge in [-0.3, -0.25) is 0 Å². The molecule has 0 fully saturated rings. The smallest absolute Gasteiger partial charge is 0.129 e. The van der Waals surface area contributed by atoms with Gasteiger partial charge in [0, 0.05) is 17.2 Å².